The van der Waals surface area contributed by atoms with E-state index in [4.69, 9.17) is 10.5 Å². The van der Waals surface area contributed by atoms with Gasteiger partial charge in [-0.05, 0) is 13.8 Å². The molecule has 8 heteroatoms. The molecule has 0 aliphatic carbocycles. The van der Waals surface area contributed by atoms with Crippen LogP contribution in [0.1, 0.15) is 21.7 Å². The lowest BCUT2D eigenvalue weighted by atomic mass is 10.2. The van der Waals surface area contributed by atoms with Gasteiger partial charge in [0.2, 0.25) is 0 Å². The van der Waals surface area contributed by atoms with Crippen molar-refractivity contribution < 1.29 is 9.53 Å². The maximum Gasteiger partial charge on any atom is 0.253 e. The van der Waals surface area contributed by atoms with Crippen LogP contribution in [0.5, 0.6) is 0 Å². The van der Waals surface area contributed by atoms with Gasteiger partial charge in [0, 0.05) is 24.6 Å². The molecule has 0 saturated heterocycles. The highest BCUT2D eigenvalue weighted by Crippen LogP contribution is 2.34. The van der Waals surface area contributed by atoms with E-state index in [9.17, 15) is 4.79 Å². The van der Waals surface area contributed by atoms with Gasteiger partial charge >= 0.3 is 0 Å². The number of amides is 1. The number of rotatable bonds is 5. The zero-order valence-corrected chi connectivity index (χ0v) is 13.5. The number of carbonyl (C=O) groups is 1. The van der Waals surface area contributed by atoms with Crippen LogP contribution in [0.2, 0.25) is 0 Å². The summed E-state index contributed by atoms with van der Waals surface area (Å²) in [6.07, 6.45) is 3.41. The topological polar surface area (TPSA) is 87.4 Å². The molecule has 0 spiro atoms. The van der Waals surface area contributed by atoms with E-state index in [0.717, 1.165) is 26.7 Å². The summed E-state index contributed by atoms with van der Waals surface area (Å²) in [6, 6.07) is 0. The van der Waals surface area contributed by atoms with Crippen molar-refractivity contribution in [3.63, 3.8) is 0 Å². The number of nitrogens with two attached hydrogens (primary N) is 1. The molecule has 7 nitrogen and oxygen atoms in total. The van der Waals surface area contributed by atoms with Crippen molar-refractivity contribution in [2.45, 2.75) is 20.4 Å². The van der Waals surface area contributed by atoms with Crippen LogP contribution < -0.4 is 5.73 Å². The van der Waals surface area contributed by atoms with Crippen molar-refractivity contribution in [2.75, 3.05) is 13.7 Å². The zero-order valence-electron chi connectivity index (χ0n) is 12.7. The molecule has 0 atom stereocenters. The summed E-state index contributed by atoms with van der Waals surface area (Å²) in [4.78, 5) is 13.2. The number of hydrogen-bond donors (Lipinski definition) is 1. The Balaban J connectivity index is 2.07. The van der Waals surface area contributed by atoms with Gasteiger partial charge in [0.15, 0.2) is 0 Å². The second-order valence-electron chi connectivity index (χ2n) is 5.03. The number of thiazole rings is 1. The quantitative estimate of drug-likeness (QED) is 0.774. The maximum absolute atomic E-state index is 11.4. The average Bonchev–Trinajstić information content (AvgIpc) is 3.09. The first kappa shape index (κ1) is 14.7. The van der Waals surface area contributed by atoms with E-state index >= 15 is 0 Å². The van der Waals surface area contributed by atoms with Gasteiger partial charge in [-0.1, -0.05) is 0 Å². The third-order valence-electron chi connectivity index (χ3n) is 3.60. The molecule has 0 bridgehead atoms. The van der Waals surface area contributed by atoms with E-state index in [1.165, 1.54) is 17.5 Å². The van der Waals surface area contributed by atoms with Crippen molar-refractivity contribution in [1.29, 1.82) is 0 Å². The van der Waals surface area contributed by atoms with Gasteiger partial charge in [-0.2, -0.15) is 10.2 Å². The second-order valence-corrected chi connectivity index (χ2v) is 6.06. The lowest BCUT2D eigenvalue weighted by Gasteiger charge is -2.03. The molecule has 0 saturated carbocycles. The van der Waals surface area contributed by atoms with Crippen LogP contribution in [0, 0.1) is 13.8 Å². The minimum atomic E-state index is -0.465. The van der Waals surface area contributed by atoms with E-state index in [1.54, 1.807) is 11.6 Å². The highest BCUT2D eigenvalue weighted by molar-refractivity contribution is 7.21. The molecule has 3 rings (SSSR count). The smallest absolute Gasteiger partial charge is 0.253 e. The number of ether oxygens (including phenoxy) is 1. The van der Waals surface area contributed by atoms with Gasteiger partial charge in [-0.15, -0.1) is 11.3 Å². The molecule has 3 heterocycles. The van der Waals surface area contributed by atoms with Crippen molar-refractivity contribution in [3.8, 4) is 10.4 Å². The van der Waals surface area contributed by atoms with Crippen molar-refractivity contribution in [2.24, 2.45) is 5.73 Å². The summed E-state index contributed by atoms with van der Waals surface area (Å²) < 4.78 is 8.73. The lowest BCUT2D eigenvalue weighted by molar-refractivity contribution is 0.100. The molecule has 0 unspecified atom stereocenters. The highest BCUT2D eigenvalue weighted by atomic mass is 32.1. The minimum Gasteiger partial charge on any atom is -0.383 e. The monoisotopic (exact) mass is 319 g/mol. The van der Waals surface area contributed by atoms with E-state index in [1.807, 2.05) is 24.7 Å². The third kappa shape index (κ3) is 2.30. The summed E-state index contributed by atoms with van der Waals surface area (Å²) in [6.45, 7) is 5.32. The zero-order chi connectivity index (χ0) is 15.9. The fourth-order valence-electron chi connectivity index (χ4n) is 2.52. The first-order chi connectivity index (χ1) is 10.5. The first-order valence-corrected chi connectivity index (χ1v) is 7.65. The molecule has 0 aliphatic heterocycles. The van der Waals surface area contributed by atoms with Gasteiger partial charge in [0.05, 0.1) is 35.5 Å². The highest BCUT2D eigenvalue weighted by Gasteiger charge is 2.19. The number of hydrogen-bond acceptors (Lipinski definition) is 5. The van der Waals surface area contributed by atoms with Crippen LogP contribution in [0.25, 0.3) is 15.3 Å². The predicted octanol–water partition coefficient (Wildman–Crippen LogP) is 1.62. The normalized spacial score (nSPS) is 11.4. The molecule has 22 heavy (non-hydrogen) atoms. The summed E-state index contributed by atoms with van der Waals surface area (Å²) in [5.74, 6) is -0.465. The Hall–Kier alpha value is -2.19. The van der Waals surface area contributed by atoms with E-state index in [0.29, 0.717) is 18.7 Å². The first-order valence-electron chi connectivity index (χ1n) is 6.83. The number of fused-ring (bicyclic) bond motifs is 1. The molecule has 1 amide bonds. The van der Waals surface area contributed by atoms with Crippen molar-refractivity contribution in [3.05, 3.63) is 29.3 Å². The number of carbonyl (C=O) groups excluding carboxylic acids is 1. The number of methoxy groups -OCH3 is 1. The molecule has 0 aromatic carbocycles. The predicted molar refractivity (Wildman–Crippen MR) is 84.2 cm³/mol. The van der Waals surface area contributed by atoms with Crippen molar-refractivity contribution >= 4 is 22.1 Å². The van der Waals surface area contributed by atoms with Crippen LogP contribution in [-0.4, -0.2) is 39.0 Å². The molecular weight excluding hydrogens is 302 g/mol. The SMILES string of the molecule is COCCn1nc(C)c(-c2cn3ncc(C(N)=O)c3s2)c1C. The number of primary amides is 1. The summed E-state index contributed by atoms with van der Waals surface area (Å²) >= 11 is 1.49. The van der Waals surface area contributed by atoms with Crippen LogP contribution in [-0.2, 0) is 11.3 Å². The summed E-state index contributed by atoms with van der Waals surface area (Å²) in [7, 11) is 1.67. The minimum absolute atomic E-state index is 0.443. The van der Waals surface area contributed by atoms with Gasteiger partial charge in [-0.3, -0.25) is 9.48 Å². The Morgan fingerprint density at radius 2 is 2.23 bits per heavy atom. The molecule has 0 radical (unpaired) electrons. The van der Waals surface area contributed by atoms with Crippen LogP contribution in [0.4, 0.5) is 0 Å². The number of aromatic nitrogens is 4. The summed E-state index contributed by atoms with van der Waals surface area (Å²) in [5.41, 5.74) is 8.90. The molecule has 0 fully saturated rings. The lowest BCUT2D eigenvalue weighted by Crippen LogP contribution is -2.09. The number of nitrogens with zero attached hydrogens (tertiary/aromatic N) is 4. The standard InChI is InChI=1S/C14H17N5O2S/c1-8-12(9(2)18(17-8)4-5-21-3)11-7-19-14(22-11)10(6-16-19)13(15)20/h6-7H,4-5H2,1-3H3,(H2,15,20). The fourth-order valence-corrected chi connectivity index (χ4v) is 3.73. The van der Waals surface area contributed by atoms with Crippen LogP contribution in [0.15, 0.2) is 12.4 Å². The average molecular weight is 319 g/mol. The second kappa shape index (κ2) is 5.54. The van der Waals surface area contributed by atoms with E-state index in [-0.39, 0.29) is 0 Å². The van der Waals surface area contributed by atoms with Gasteiger partial charge in [0.25, 0.3) is 5.91 Å². The van der Waals surface area contributed by atoms with E-state index in [2.05, 4.69) is 10.2 Å². The van der Waals surface area contributed by atoms with E-state index < -0.39 is 5.91 Å². The maximum atomic E-state index is 11.4. The summed E-state index contributed by atoms with van der Waals surface area (Å²) in [5, 5.41) is 8.74. The Kier molecular flexibility index (Phi) is 3.71. The molecule has 0 aliphatic rings. The van der Waals surface area contributed by atoms with Gasteiger partial charge in [0.1, 0.15) is 4.83 Å². The largest absolute Gasteiger partial charge is 0.383 e. The van der Waals surface area contributed by atoms with Crippen molar-refractivity contribution in [1.82, 2.24) is 19.4 Å². The fraction of sp³-hybridized carbons (Fsp3) is 0.357. The number of aryl methyl sites for hydroxylation is 1. The molecular formula is C14H17N5O2S. The van der Waals surface area contributed by atoms with Crippen LogP contribution >= 0.6 is 11.3 Å². The van der Waals surface area contributed by atoms with Gasteiger partial charge in [-0.25, -0.2) is 4.52 Å². The van der Waals surface area contributed by atoms with Crippen LogP contribution in [0.3, 0.4) is 0 Å². The Labute approximate surface area is 131 Å². The molecule has 2 N–H and O–H groups in total. The third-order valence-corrected chi connectivity index (χ3v) is 4.73. The Morgan fingerprint density at radius 3 is 2.91 bits per heavy atom. The Morgan fingerprint density at radius 1 is 1.45 bits per heavy atom. The Bertz CT molecular complexity index is 845. The molecule has 3 aromatic heterocycles. The molecule has 3 aromatic rings. The van der Waals surface area contributed by atoms with Gasteiger partial charge < -0.3 is 10.5 Å². The molecule has 116 valence electrons.